The van der Waals surface area contributed by atoms with Gasteiger partial charge in [0.1, 0.15) is 0 Å². The summed E-state index contributed by atoms with van der Waals surface area (Å²) in [7, 11) is 0. The molecule has 0 aliphatic carbocycles. The number of aromatic nitrogens is 1. The molecular formula is C7H11N2NaO2S. The fourth-order valence-corrected chi connectivity index (χ4v) is 1.39. The first-order valence-electron chi connectivity index (χ1n) is 3.52. The molecule has 3 N–H and O–H groups in total. The Kier molecular flexibility index (Phi) is 5.55. The Hall–Kier alpha value is -0.100. The van der Waals surface area contributed by atoms with Crippen LogP contribution >= 0.6 is 11.3 Å². The third kappa shape index (κ3) is 4.08. The second-order valence-electron chi connectivity index (χ2n) is 2.62. The van der Waals surface area contributed by atoms with Crippen LogP contribution in [0.1, 0.15) is 12.6 Å². The van der Waals surface area contributed by atoms with Crippen LogP contribution in [0.15, 0.2) is 5.38 Å². The van der Waals surface area contributed by atoms with Crippen LogP contribution < -0.4 is 5.73 Å². The standard InChI is InChI=1S/C7H10N2O2S.Na.H/c1-4(6(10)11)2-5-3-12-7(8)9-5;;/h3-4H,2H2,1H3,(H2,8,9)(H,10,11);;. The van der Waals surface area contributed by atoms with Gasteiger partial charge in [-0.05, 0) is 0 Å². The van der Waals surface area contributed by atoms with Gasteiger partial charge in [0.05, 0.1) is 11.6 Å². The predicted molar refractivity (Wildman–Crippen MR) is 54.2 cm³/mol. The van der Waals surface area contributed by atoms with Crippen molar-refractivity contribution >= 4 is 52.0 Å². The summed E-state index contributed by atoms with van der Waals surface area (Å²) in [6.07, 6.45) is 0.447. The normalized spacial score (nSPS) is 11.8. The van der Waals surface area contributed by atoms with Crippen LogP contribution in [0, 0.1) is 5.92 Å². The fourth-order valence-electron chi connectivity index (χ4n) is 0.817. The zero-order chi connectivity index (χ0) is 9.14. The molecule has 4 nitrogen and oxygen atoms in total. The summed E-state index contributed by atoms with van der Waals surface area (Å²) in [6.45, 7) is 1.65. The van der Waals surface area contributed by atoms with Crippen molar-refractivity contribution in [3.05, 3.63) is 11.1 Å². The molecule has 0 bridgehead atoms. The number of carbonyl (C=O) groups is 1. The molecule has 1 aromatic rings. The van der Waals surface area contributed by atoms with Crippen LogP contribution in [-0.2, 0) is 11.2 Å². The number of nitrogen functional groups attached to an aromatic ring is 1. The van der Waals surface area contributed by atoms with Gasteiger partial charge in [0, 0.05) is 11.8 Å². The molecule has 0 fully saturated rings. The van der Waals surface area contributed by atoms with Gasteiger partial charge in [0.15, 0.2) is 5.13 Å². The van der Waals surface area contributed by atoms with Gasteiger partial charge >= 0.3 is 35.5 Å². The number of carboxylic acid groups (broad SMARTS) is 1. The van der Waals surface area contributed by atoms with Gasteiger partial charge in [-0.1, -0.05) is 6.92 Å². The molecule has 1 atom stereocenters. The molecule has 0 aliphatic heterocycles. The maximum atomic E-state index is 10.5. The number of carboxylic acids is 1. The zero-order valence-electron chi connectivity index (χ0n) is 6.65. The van der Waals surface area contributed by atoms with Crippen LogP contribution in [0.4, 0.5) is 5.13 Å². The van der Waals surface area contributed by atoms with Crippen molar-refractivity contribution in [3.8, 4) is 0 Å². The summed E-state index contributed by atoms with van der Waals surface area (Å²) in [5.74, 6) is -1.20. The summed E-state index contributed by atoms with van der Waals surface area (Å²) in [5, 5.41) is 10.9. The molecule has 1 unspecified atom stereocenters. The van der Waals surface area contributed by atoms with Gasteiger partial charge in [0.25, 0.3) is 0 Å². The molecule has 13 heavy (non-hydrogen) atoms. The predicted octanol–water partition coefficient (Wildman–Crippen LogP) is 0.340. The molecule has 1 heterocycles. The van der Waals surface area contributed by atoms with Crippen molar-refractivity contribution in [1.82, 2.24) is 4.98 Å². The van der Waals surface area contributed by atoms with Crippen LogP contribution in [-0.4, -0.2) is 45.6 Å². The zero-order valence-corrected chi connectivity index (χ0v) is 7.47. The van der Waals surface area contributed by atoms with E-state index in [2.05, 4.69) is 4.98 Å². The summed E-state index contributed by atoms with van der Waals surface area (Å²) in [5.41, 5.74) is 6.15. The van der Waals surface area contributed by atoms with E-state index in [9.17, 15) is 4.79 Å². The molecule has 68 valence electrons. The monoisotopic (exact) mass is 210 g/mol. The van der Waals surface area contributed by atoms with Crippen LogP contribution in [0.25, 0.3) is 0 Å². The second-order valence-corrected chi connectivity index (χ2v) is 3.51. The van der Waals surface area contributed by atoms with Gasteiger partial charge < -0.3 is 10.8 Å². The van der Waals surface area contributed by atoms with E-state index in [4.69, 9.17) is 10.8 Å². The van der Waals surface area contributed by atoms with E-state index in [0.717, 1.165) is 5.69 Å². The summed E-state index contributed by atoms with van der Waals surface area (Å²) < 4.78 is 0. The van der Waals surface area contributed by atoms with E-state index in [1.54, 1.807) is 12.3 Å². The molecule has 0 aliphatic rings. The molecule has 1 rings (SSSR count). The number of thiazole rings is 1. The quantitative estimate of drug-likeness (QED) is 0.705. The molecule has 0 amide bonds. The van der Waals surface area contributed by atoms with E-state index < -0.39 is 11.9 Å². The number of anilines is 1. The number of nitrogens with zero attached hydrogens (tertiary/aromatic N) is 1. The van der Waals surface area contributed by atoms with Crippen molar-refractivity contribution in [2.24, 2.45) is 5.92 Å². The average Bonchev–Trinajstić information content (AvgIpc) is 2.35. The Morgan fingerprint density at radius 3 is 2.85 bits per heavy atom. The van der Waals surface area contributed by atoms with Crippen LogP contribution in [0.2, 0.25) is 0 Å². The number of hydrogen-bond donors (Lipinski definition) is 2. The maximum absolute atomic E-state index is 10.5. The summed E-state index contributed by atoms with van der Waals surface area (Å²) in [6, 6.07) is 0. The molecular weight excluding hydrogens is 199 g/mol. The molecule has 0 spiro atoms. The Morgan fingerprint density at radius 2 is 2.46 bits per heavy atom. The Balaban J connectivity index is 0.00000144. The topological polar surface area (TPSA) is 76.2 Å². The van der Waals surface area contributed by atoms with Crippen molar-refractivity contribution < 1.29 is 9.90 Å². The molecule has 0 saturated heterocycles. The fraction of sp³-hybridized carbons (Fsp3) is 0.429. The van der Waals surface area contributed by atoms with Crippen molar-refractivity contribution in [3.63, 3.8) is 0 Å². The van der Waals surface area contributed by atoms with Crippen molar-refractivity contribution in [2.75, 3.05) is 5.73 Å². The van der Waals surface area contributed by atoms with E-state index >= 15 is 0 Å². The Morgan fingerprint density at radius 1 is 1.85 bits per heavy atom. The first kappa shape index (κ1) is 12.9. The number of rotatable bonds is 3. The minimum absolute atomic E-state index is 0. The van der Waals surface area contributed by atoms with Gasteiger partial charge in [0.2, 0.25) is 0 Å². The van der Waals surface area contributed by atoms with Gasteiger partial charge in [-0.3, -0.25) is 4.79 Å². The van der Waals surface area contributed by atoms with E-state index in [1.165, 1.54) is 11.3 Å². The first-order valence-corrected chi connectivity index (χ1v) is 4.40. The molecule has 0 aromatic carbocycles. The van der Waals surface area contributed by atoms with Crippen LogP contribution in [0.3, 0.4) is 0 Å². The van der Waals surface area contributed by atoms with Gasteiger partial charge in [-0.2, -0.15) is 0 Å². The third-order valence-electron chi connectivity index (χ3n) is 1.51. The third-order valence-corrected chi connectivity index (χ3v) is 2.23. The van der Waals surface area contributed by atoms with Crippen molar-refractivity contribution in [2.45, 2.75) is 13.3 Å². The van der Waals surface area contributed by atoms with E-state index in [1.807, 2.05) is 0 Å². The summed E-state index contributed by atoms with van der Waals surface area (Å²) in [4.78, 5) is 14.4. The molecule has 6 heteroatoms. The number of nitrogens with two attached hydrogens (primary N) is 1. The molecule has 0 saturated carbocycles. The van der Waals surface area contributed by atoms with Gasteiger partial charge in [-0.15, -0.1) is 11.3 Å². The Bertz CT molecular complexity index is 290. The molecule has 0 radical (unpaired) electrons. The second kappa shape index (κ2) is 5.59. The van der Waals surface area contributed by atoms with Crippen molar-refractivity contribution in [1.29, 1.82) is 0 Å². The number of hydrogen-bond acceptors (Lipinski definition) is 4. The van der Waals surface area contributed by atoms with Gasteiger partial charge in [-0.25, -0.2) is 4.98 Å². The molecule has 1 aromatic heterocycles. The van der Waals surface area contributed by atoms with E-state index in [0.29, 0.717) is 11.6 Å². The Labute approximate surface area is 102 Å². The summed E-state index contributed by atoms with van der Waals surface area (Å²) >= 11 is 1.33. The van der Waals surface area contributed by atoms with Crippen LogP contribution in [0.5, 0.6) is 0 Å². The van der Waals surface area contributed by atoms with E-state index in [-0.39, 0.29) is 29.6 Å². The SMILES string of the molecule is CC(Cc1csc(N)n1)C(=O)O.[NaH]. The minimum atomic E-state index is -0.804. The number of aliphatic carboxylic acids is 1. The average molecular weight is 210 g/mol. The first-order chi connectivity index (χ1) is 5.59.